The van der Waals surface area contributed by atoms with Gasteiger partial charge in [-0.2, -0.15) is 0 Å². The standard InChI is InChI=1S/C20H20ClN7O4/c1-10(11-6-5-9-22-15(11)21)31-19(30)25-16-14(26-27-28(16)4)12-7-8-13-17(23-12)32-20(2,3)18(29)24-13/h5-10H,1-4H3,(H,24,29)(H,25,30)/t10-/m1/s1. The molecule has 0 fully saturated rings. The number of ether oxygens (including phenoxy) is 2. The molecule has 0 saturated heterocycles. The van der Waals surface area contributed by atoms with Crippen LogP contribution in [0.3, 0.4) is 0 Å². The number of aromatic nitrogens is 5. The molecule has 1 aliphatic rings. The van der Waals surface area contributed by atoms with Crippen LogP contribution in [0.25, 0.3) is 11.4 Å². The smallest absolute Gasteiger partial charge is 0.413 e. The van der Waals surface area contributed by atoms with Crippen LogP contribution in [0.5, 0.6) is 5.88 Å². The number of carbonyl (C=O) groups is 2. The largest absolute Gasteiger partial charge is 0.460 e. The Morgan fingerprint density at radius 2 is 2.12 bits per heavy atom. The van der Waals surface area contributed by atoms with Crippen LogP contribution in [-0.4, -0.2) is 42.6 Å². The first kappa shape index (κ1) is 21.5. The number of rotatable bonds is 4. The van der Waals surface area contributed by atoms with Crippen molar-refractivity contribution in [2.75, 3.05) is 10.6 Å². The zero-order chi connectivity index (χ0) is 23.0. The Bertz CT molecular complexity index is 1210. The first-order valence-corrected chi connectivity index (χ1v) is 10.0. The number of fused-ring (bicyclic) bond motifs is 1. The second-order valence-corrected chi connectivity index (χ2v) is 7.94. The van der Waals surface area contributed by atoms with Crippen molar-refractivity contribution in [2.24, 2.45) is 7.05 Å². The van der Waals surface area contributed by atoms with Crippen molar-refractivity contribution >= 4 is 35.1 Å². The second-order valence-electron chi connectivity index (χ2n) is 7.58. The van der Waals surface area contributed by atoms with Crippen molar-refractivity contribution in [3.63, 3.8) is 0 Å². The Hall–Kier alpha value is -3.73. The van der Waals surface area contributed by atoms with Crippen molar-refractivity contribution in [2.45, 2.75) is 32.5 Å². The average molecular weight is 458 g/mol. The second kappa shape index (κ2) is 8.08. The van der Waals surface area contributed by atoms with Gasteiger partial charge in [0.2, 0.25) is 5.88 Å². The summed E-state index contributed by atoms with van der Waals surface area (Å²) in [7, 11) is 1.62. The number of anilines is 2. The van der Waals surface area contributed by atoms with E-state index in [0.29, 0.717) is 22.6 Å². The molecule has 2 amide bonds. The SMILES string of the molecule is C[C@@H](OC(=O)Nc1c(-c2ccc3c(n2)OC(C)(C)C(=O)N3)nnn1C)c1cccnc1Cl. The summed E-state index contributed by atoms with van der Waals surface area (Å²) < 4.78 is 12.5. The fourth-order valence-electron chi connectivity index (χ4n) is 3.03. The fraction of sp³-hybridized carbons (Fsp3) is 0.300. The molecule has 1 atom stereocenters. The predicted octanol–water partition coefficient (Wildman–Crippen LogP) is 3.34. The molecule has 4 rings (SSSR count). The summed E-state index contributed by atoms with van der Waals surface area (Å²) in [6, 6.07) is 6.71. The van der Waals surface area contributed by atoms with Crippen LogP contribution >= 0.6 is 11.6 Å². The zero-order valence-corrected chi connectivity index (χ0v) is 18.5. The summed E-state index contributed by atoms with van der Waals surface area (Å²) in [4.78, 5) is 33.0. The number of halogens is 1. The van der Waals surface area contributed by atoms with E-state index < -0.39 is 17.8 Å². The lowest BCUT2D eigenvalue weighted by Gasteiger charge is -2.30. The van der Waals surface area contributed by atoms with Gasteiger partial charge in [-0.15, -0.1) is 5.10 Å². The molecule has 11 nitrogen and oxygen atoms in total. The maximum Gasteiger partial charge on any atom is 0.413 e. The molecule has 0 aliphatic carbocycles. The minimum atomic E-state index is -1.07. The highest BCUT2D eigenvalue weighted by Gasteiger charge is 2.36. The molecule has 0 saturated carbocycles. The number of hydrogen-bond acceptors (Lipinski definition) is 8. The van der Waals surface area contributed by atoms with Crippen LogP contribution < -0.4 is 15.4 Å². The maximum absolute atomic E-state index is 12.5. The van der Waals surface area contributed by atoms with E-state index in [0.717, 1.165) is 0 Å². The third kappa shape index (κ3) is 4.06. The van der Waals surface area contributed by atoms with Gasteiger partial charge in [-0.1, -0.05) is 22.9 Å². The van der Waals surface area contributed by atoms with Gasteiger partial charge >= 0.3 is 6.09 Å². The number of pyridine rings is 2. The monoisotopic (exact) mass is 457 g/mol. The van der Waals surface area contributed by atoms with E-state index >= 15 is 0 Å². The third-order valence-corrected chi connectivity index (χ3v) is 5.12. The van der Waals surface area contributed by atoms with Crippen LogP contribution in [0.2, 0.25) is 5.15 Å². The van der Waals surface area contributed by atoms with Gasteiger partial charge in [-0.05, 0) is 39.0 Å². The highest BCUT2D eigenvalue weighted by molar-refractivity contribution is 6.30. The van der Waals surface area contributed by atoms with Gasteiger partial charge in [0.25, 0.3) is 5.91 Å². The van der Waals surface area contributed by atoms with E-state index in [1.807, 2.05) is 0 Å². The Morgan fingerprint density at radius 1 is 1.34 bits per heavy atom. The highest BCUT2D eigenvalue weighted by atomic mass is 35.5. The number of aryl methyl sites for hydroxylation is 1. The Kier molecular flexibility index (Phi) is 5.43. The Labute approximate surface area is 188 Å². The molecule has 3 aromatic rings. The predicted molar refractivity (Wildman–Crippen MR) is 115 cm³/mol. The third-order valence-electron chi connectivity index (χ3n) is 4.81. The van der Waals surface area contributed by atoms with Crippen molar-refractivity contribution in [1.82, 2.24) is 25.0 Å². The molecule has 2 N–H and O–H groups in total. The summed E-state index contributed by atoms with van der Waals surface area (Å²) >= 11 is 6.07. The number of amides is 2. The van der Waals surface area contributed by atoms with E-state index in [1.165, 1.54) is 4.68 Å². The summed E-state index contributed by atoms with van der Waals surface area (Å²) in [6.45, 7) is 4.96. The Balaban J connectivity index is 1.56. The molecule has 0 radical (unpaired) electrons. The zero-order valence-electron chi connectivity index (χ0n) is 17.7. The van der Waals surface area contributed by atoms with Gasteiger partial charge in [-0.25, -0.2) is 19.4 Å². The topological polar surface area (TPSA) is 133 Å². The minimum absolute atomic E-state index is 0.242. The summed E-state index contributed by atoms with van der Waals surface area (Å²) in [5, 5.41) is 13.7. The van der Waals surface area contributed by atoms with Crippen LogP contribution in [0, 0.1) is 0 Å². The summed E-state index contributed by atoms with van der Waals surface area (Å²) in [5.74, 6) is 0.240. The van der Waals surface area contributed by atoms with Gasteiger partial charge < -0.3 is 14.8 Å². The van der Waals surface area contributed by atoms with Crippen molar-refractivity contribution < 1.29 is 19.1 Å². The molecule has 0 aromatic carbocycles. The lowest BCUT2D eigenvalue weighted by Crippen LogP contribution is -2.46. The van der Waals surface area contributed by atoms with Gasteiger partial charge in [0, 0.05) is 18.8 Å². The van der Waals surface area contributed by atoms with E-state index in [2.05, 4.69) is 30.9 Å². The van der Waals surface area contributed by atoms with Gasteiger partial charge in [0.15, 0.2) is 17.1 Å². The first-order chi connectivity index (χ1) is 15.2. The summed E-state index contributed by atoms with van der Waals surface area (Å²) in [6.07, 6.45) is 0.183. The molecule has 4 heterocycles. The van der Waals surface area contributed by atoms with Crippen LogP contribution in [0.1, 0.15) is 32.4 Å². The fourth-order valence-corrected chi connectivity index (χ4v) is 3.30. The molecular weight excluding hydrogens is 438 g/mol. The normalized spacial score (nSPS) is 15.2. The minimum Gasteiger partial charge on any atom is -0.460 e. The highest BCUT2D eigenvalue weighted by Crippen LogP contribution is 2.35. The summed E-state index contributed by atoms with van der Waals surface area (Å²) in [5.41, 5.74) is 0.638. The van der Waals surface area contributed by atoms with Crippen molar-refractivity contribution in [3.8, 4) is 17.3 Å². The van der Waals surface area contributed by atoms with Gasteiger partial charge in [-0.3, -0.25) is 10.1 Å². The van der Waals surface area contributed by atoms with Crippen LogP contribution in [-0.2, 0) is 16.6 Å². The van der Waals surface area contributed by atoms with E-state index in [4.69, 9.17) is 21.1 Å². The number of nitrogens with one attached hydrogen (secondary N) is 2. The van der Waals surface area contributed by atoms with E-state index in [-0.39, 0.29) is 22.8 Å². The van der Waals surface area contributed by atoms with Gasteiger partial charge in [0.1, 0.15) is 16.9 Å². The number of carbonyl (C=O) groups excluding carboxylic acids is 2. The molecule has 166 valence electrons. The number of hydrogen-bond donors (Lipinski definition) is 2. The molecule has 3 aromatic heterocycles. The molecule has 12 heteroatoms. The number of nitrogens with zero attached hydrogens (tertiary/aromatic N) is 5. The molecule has 1 aliphatic heterocycles. The van der Waals surface area contributed by atoms with Crippen LogP contribution in [0.4, 0.5) is 16.3 Å². The van der Waals surface area contributed by atoms with Gasteiger partial charge in [0.05, 0.1) is 5.69 Å². The van der Waals surface area contributed by atoms with Crippen molar-refractivity contribution in [3.05, 3.63) is 41.2 Å². The quantitative estimate of drug-likeness (QED) is 0.570. The molecule has 0 bridgehead atoms. The molecular formula is C20H20ClN7O4. The first-order valence-electron chi connectivity index (χ1n) is 9.65. The maximum atomic E-state index is 12.5. The Morgan fingerprint density at radius 3 is 2.88 bits per heavy atom. The van der Waals surface area contributed by atoms with E-state index in [9.17, 15) is 9.59 Å². The lowest BCUT2D eigenvalue weighted by molar-refractivity contribution is -0.129. The molecule has 0 spiro atoms. The average Bonchev–Trinajstić information content (AvgIpc) is 3.08. The van der Waals surface area contributed by atoms with Crippen molar-refractivity contribution in [1.29, 1.82) is 0 Å². The molecule has 32 heavy (non-hydrogen) atoms. The van der Waals surface area contributed by atoms with Crippen LogP contribution in [0.15, 0.2) is 30.5 Å². The lowest BCUT2D eigenvalue weighted by atomic mass is 10.1. The van der Waals surface area contributed by atoms with E-state index in [1.54, 1.807) is 58.3 Å². The molecule has 0 unspecified atom stereocenters.